The van der Waals surface area contributed by atoms with E-state index in [0.717, 1.165) is 12.3 Å². The Hall–Kier alpha value is -1.89. The van der Waals surface area contributed by atoms with Crippen LogP contribution in [-0.2, 0) is 25.7 Å². The predicted octanol–water partition coefficient (Wildman–Crippen LogP) is 6.56. The average molecular weight is 349 g/mol. The maximum atomic E-state index is 13.2. The molecule has 0 bridgehead atoms. The number of rotatable bonds is 4. The van der Waals surface area contributed by atoms with Gasteiger partial charge in [-0.1, -0.05) is 36.4 Å². The molecule has 0 N–H and O–H groups in total. The van der Waals surface area contributed by atoms with Gasteiger partial charge in [0, 0.05) is 0 Å². The van der Waals surface area contributed by atoms with E-state index in [1.54, 1.807) is 28.8 Å². The Labute approximate surface area is 157 Å². The van der Waals surface area contributed by atoms with Crippen LogP contribution in [0.5, 0.6) is 0 Å². The van der Waals surface area contributed by atoms with Gasteiger partial charge in [0.25, 0.3) is 0 Å². The second kappa shape index (κ2) is 7.78. The van der Waals surface area contributed by atoms with Crippen molar-refractivity contribution in [3.63, 3.8) is 0 Å². The molecule has 0 saturated heterocycles. The summed E-state index contributed by atoms with van der Waals surface area (Å²) >= 11 is 0. The van der Waals surface area contributed by atoms with Gasteiger partial charge < -0.3 is 0 Å². The van der Waals surface area contributed by atoms with Gasteiger partial charge in [-0.2, -0.15) is 0 Å². The zero-order chi connectivity index (χ0) is 17.9. The van der Waals surface area contributed by atoms with Crippen LogP contribution in [0.1, 0.15) is 66.3 Å². The predicted molar refractivity (Wildman–Crippen MR) is 107 cm³/mol. The largest absolute Gasteiger partial charge is 0.207 e. The fourth-order valence-electron chi connectivity index (χ4n) is 5.01. The van der Waals surface area contributed by atoms with Crippen molar-refractivity contribution >= 4 is 0 Å². The van der Waals surface area contributed by atoms with Gasteiger partial charge in [-0.25, -0.2) is 4.39 Å². The fourth-order valence-corrected chi connectivity index (χ4v) is 5.01. The molecule has 2 aliphatic carbocycles. The molecule has 2 aromatic carbocycles. The molecule has 0 radical (unpaired) electrons. The van der Waals surface area contributed by atoms with E-state index in [1.165, 1.54) is 56.1 Å². The van der Waals surface area contributed by atoms with Crippen LogP contribution in [0.15, 0.2) is 48.6 Å². The zero-order valence-electron chi connectivity index (χ0n) is 15.8. The summed E-state index contributed by atoms with van der Waals surface area (Å²) in [4.78, 5) is 0. The molecule has 4 rings (SSSR count). The molecule has 0 aromatic heterocycles. The molecule has 0 amide bonds. The Kier molecular flexibility index (Phi) is 5.24. The minimum atomic E-state index is -0.136. The first-order valence-electron chi connectivity index (χ1n) is 10.2. The first kappa shape index (κ1) is 17.5. The highest BCUT2D eigenvalue weighted by Crippen LogP contribution is 2.38. The van der Waals surface area contributed by atoms with E-state index in [2.05, 4.69) is 31.2 Å². The minimum absolute atomic E-state index is 0.136. The first-order chi connectivity index (χ1) is 12.7. The lowest BCUT2D eigenvalue weighted by Crippen LogP contribution is -2.20. The third kappa shape index (κ3) is 3.63. The number of hydrogen-bond acceptors (Lipinski definition) is 0. The molecule has 2 atom stereocenters. The molecule has 136 valence electrons. The van der Waals surface area contributed by atoms with Gasteiger partial charge in [0.15, 0.2) is 0 Å². The Morgan fingerprint density at radius 2 is 1.62 bits per heavy atom. The fraction of sp³-hybridized carbons (Fsp3) is 0.440. The van der Waals surface area contributed by atoms with Gasteiger partial charge in [0.05, 0.1) is 0 Å². The number of hydrogen-bond donors (Lipinski definition) is 0. The van der Waals surface area contributed by atoms with Crippen LogP contribution >= 0.6 is 0 Å². The lowest BCUT2D eigenvalue weighted by Gasteiger charge is -2.32. The van der Waals surface area contributed by atoms with Crippen LogP contribution in [0.3, 0.4) is 0 Å². The van der Waals surface area contributed by atoms with E-state index in [-0.39, 0.29) is 5.82 Å². The summed E-state index contributed by atoms with van der Waals surface area (Å²) < 4.78 is 13.2. The molecular weight excluding hydrogens is 319 g/mol. The van der Waals surface area contributed by atoms with Crippen molar-refractivity contribution in [2.75, 3.05) is 0 Å². The lowest BCUT2D eigenvalue weighted by molar-refractivity contribution is 0.427. The van der Waals surface area contributed by atoms with Crippen molar-refractivity contribution in [3.8, 4) is 0 Å². The van der Waals surface area contributed by atoms with Crippen LogP contribution in [0, 0.1) is 11.7 Å². The molecule has 0 fully saturated rings. The number of halogens is 1. The van der Waals surface area contributed by atoms with E-state index in [0.29, 0.717) is 5.92 Å². The Bertz CT molecular complexity index is 785. The highest BCUT2D eigenvalue weighted by atomic mass is 19.1. The molecule has 0 saturated carbocycles. The summed E-state index contributed by atoms with van der Waals surface area (Å²) in [5, 5.41) is 0. The monoisotopic (exact) mass is 348 g/mol. The second-order valence-corrected chi connectivity index (χ2v) is 8.09. The molecule has 0 spiro atoms. The van der Waals surface area contributed by atoms with Crippen molar-refractivity contribution in [3.05, 3.63) is 82.2 Å². The summed E-state index contributed by atoms with van der Waals surface area (Å²) in [6, 6.07) is 11.9. The highest BCUT2D eigenvalue weighted by molar-refractivity contribution is 5.45. The molecule has 2 aromatic rings. The lowest BCUT2D eigenvalue weighted by atomic mass is 9.73. The highest BCUT2D eigenvalue weighted by Gasteiger charge is 2.26. The molecule has 26 heavy (non-hydrogen) atoms. The van der Waals surface area contributed by atoms with Crippen molar-refractivity contribution < 1.29 is 4.39 Å². The van der Waals surface area contributed by atoms with Crippen LogP contribution in [0.2, 0.25) is 0 Å². The summed E-state index contributed by atoms with van der Waals surface area (Å²) in [6.45, 7) is 2.11. The van der Waals surface area contributed by atoms with Gasteiger partial charge in [-0.15, -0.1) is 0 Å². The number of benzene rings is 2. The van der Waals surface area contributed by atoms with Gasteiger partial charge in [-0.05, 0) is 110 Å². The van der Waals surface area contributed by atoms with Crippen molar-refractivity contribution in [2.45, 2.75) is 64.2 Å². The topological polar surface area (TPSA) is 0 Å². The van der Waals surface area contributed by atoms with E-state index in [1.807, 2.05) is 12.1 Å². The molecular formula is C25H29F. The molecule has 0 nitrogen and oxygen atoms in total. The third-order valence-electron chi connectivity index (χ3n) is 6.46. The van der Waals surface area contributed by atoms with Crippen molar-refractivity contribution in [1.82, 2.24) is 0 Å². The van der Waals surface area contributed by atoms with E-state index < -0.39 is 0 Å². The first-order valence-corrected chi connectivity index (χ1v) is 10.2. The Morgan fingerprint density at radius 3 is 2.35 bits per heavy atom. The summed E-state index contributed by atoms with van der Waals surface area (Å²) in [5.74, 6) is 1.26. The minimum Gasteiger partial charge on any atom is -0.207 e. The summed E-state index contributed by atoms with van der Waals surface area (Å²) in [7, 11) is 0. The average Bonchev–Trinajstić information content (AvgIpc) is 2.68. The van der Waals surface area contributed by atoms with Gasteiger partial charge in [0.2, 0.25) is 0 Å². The molecule has 1 heteroatoms. The Balaban J connectivity index is 1.50. The van der Waals surface area contributed by atoms with Gasteiger partial charge in [0.1, 0.15) is 5.82 Å². The summed E-state index contributed by atoms with van der Waals surface area (Å²) in [6.07, 6.45) is 14.4. The quantitative estimate of drug-likeness (QED) is 0.549. The van der Waals surface area contributed by atoms with Crippen LogP contribution in [0.25, 0.3) is 0 Å². The molecule has 2 aliphatic rings. The second-order valence-electron chi connectivity index (χ2n) is 8.09. The third-order valence-corrected chi connectivity index (χ3v) is 6.46. The summed E-state index contributed by atoms with van der Waals surface area (Å²) in [5.41, 5.74) is 7.76. The van der Waals surface area contributed by atoms with Gasteiger partial charge >= 0.3 is 0 Å². The molecule has 0 aliphatic heterocycles. The zero-order valence-corrected chi connectivity index (χ0v) is 15.8. The van der Waals surface area contributed by atoms with Crippen molar-refractivity contribution in [2.24, 2.45) is 5.92 Å². The van der Waals surface area contributed by atoms with Crippen LogP contribution < -0.4 is 0 Å². The maximum absolute atomic E-state index is 13.2. The van der Waals surface area contributed by atoms with E-state index in [9.17, 15) is 4.39 Å². The Morgan fingerprint density at radius 1 is 0.923 bits per heavy atom. The van der Waals surface area contributed by atoms with Crippen molar-refractivity contribution in [1.29, 1.82) is 0 Å². The van der Waals surface area contributed by atoms with E-state index in [4.69, 9.17) is 0 Å². The number of allylic oxidation sites excluding steroid dienone is 2. The molecule has 2 unspecified atom stereocenters. The van der Waals surface area contributed by atoms with Crippen LogP contribution in [-0.4, -0.2) is 0 Å². The maximum Gasteiger partial charge on any atom is 0.123 e. The van der Waals surface area contributed by atoms with E-state index >= 15 is 0 Å². The van der Waals surface area contributed by atoms with Gasteiger partial charge in [-0.3, -0.25) is 0 Å². The van der Waals surface area contributed by atoms with Crippen LogP contribution in [0.4, 0.5) is 4.39 Å². The number of fused-ring (bicyclic) bond motifs is 3. The SMILES string of the molecule is CC=CCCC1CCc2c(ccc3c2CCC(c2ccc(F)cc2)C3)C1. The normalized spacial score (nSPS) is 22.2. The smallest absolute Gasteiger partial charge is 0.123 e. The standard InChI is InChI=1S/C25H29F/c1-2-3-4-5-18-6-14-24-21(16-18)7-8-22-17-20(11-15-25(22)24)19-9-12-23(26)13-10-19/h2-3,7-10,12-13,18,20H,4-6,11,14-17H2,1H3. The molecule has 0 heterocycles.